The van der Waals surface area contributed by atoms with Crippen LogP contribution in [0.5, 0.6) is 11.5 Å². The Hall–Kier alpha value is -7.40. The molecule has 4 aromatic heterocycles. The number of aromatic nitrogens is 4. The molecule has 0 bridgehead atoms. The number of benzene rings is 7. The Kier molecular flexibility index (Phi) is 9.05. The largest absolute Gasteiger partial charge is 0.509 e. The molecular weight excluding hydrogens is 1060 g/mol. The first-order valence-corrected chi connectivity index (χ1v) is 23.9. The van der Waals surface area contributed by atoms with Gasteiger partial charge in [-0.15, -0.1) is 35.7 Å². The van der Waals surface area contributed by atoms with E-state index in [1.54, 1.807) is 6.20 Å². The fraction of sp³-hybridized carbons (Fsp3) is 0.185. The standard InChI is InChI=1S/C65H56N5O.Pt/c1-63(2,3)42-31-33-66-59(37-42)70-56-27-13-12-22-51(56)52-30-29-47(39-58(52)70)71-46-19-14-18-45(38-46)68-40-69-61-48(41-34-43(64(4,5)6)36-44(35-41)65(7,8)9)23-15-24-54(61)50-21-11-10-20-49(50)53-26-17-32-67-60(53)55-25-16-28-57(68)62(55)69;/h10-37,40H,1-9H3;/q-3;/i4D3,5D3,6D3;. The molecule has 5 heterocycles. The molecule has 6 nitrogen and oxygen atoms in total. The Morgan fingerprint density at radius 3 is 1.97 bits per heavy atom. The van der Waals surface area contributed by atoms with Gasteiger partial charge in [0, 0.05) is 73.9 Å². The van der Waals surface area contributed by atoms with Gasteiger partial charge < -0.3 is 18.8 Å². The normalized spacial score (nSPS) is 15.1. The molecule has 12 rings (SSSR count). The monoisotopic (exact) mass is 1130 g/mol. The summed E-state index contributed by atoms with van der Waals surface area (Å²) < 4.78 is 90.0. The molecule has 360 valence electrons. The molecule has 72 heavy (non-hydrogen) atoms. The van der Waals surface area contributed by atoms with Gasteiger partial charge >= 0.3 is 0 Å². The van der Waals surface area contributed by atoms with Crippen LogP contribution >= 0.6 is 0 Å². The third-order valence-electron chi connectivity index (χ3n) is 13.8. The summed E-state index contributed by atoms with van der Waals surface area (Å²) in [6.07, 6.45) is 3.64. The van der Waals surface area contributed by atoms with E-state index in [0.717, 1.165) is 76.8 Å². The fourth-order valence-electron chi connectivity index (χ4n) is 10.2. The van der Waals surface area contributed by atoms with Crippen LogP contribution in [0, 0.1) is 18.8 Å². The van der Waals surface area contributed by atoms with Crippen molar-refractivity contribution in [3.63, 3.8) is 0 Å². The van der Waals surface area contributed by atoms with Gasteiger partial charge in [-0.25, -0.2) is 4.98 Å². The Labute approximate surface area is 449 Å². The molecule has 0 radical (unpaired) electrons. The first kappa shape index (κ1) is 37.4. The Morgan fingerprint density at radius 2 is 1.19 bits per heavy atom. The number of hydrogen-bond acceptors (Lipinski definition) is 4. The first-order chi connectivity index (χ1) is 37.8. The molecule has 0 saturated carbocycles. The number of nitrogens with zero attached hydrogens (tertiary/aromatic N) is 5. The van der Waals surface area contributed by atoms with Crippen molar-refractivity contribution in [2.45, 2.75) is 78.3 Å². The average molecular weight is 1130 g/mol. The topological polar surface area (TPSA) is 48.1 Å². The smallest absolute Gasteiger partial charge is 0.135 e. The molecule has 0 spiro atoms. The molecule has 0 amide bonds. The van der Waals surface area contributed by atoms with Crippen LogP contribution in [-0.2, 0) is 37.3 Å². The number of para-hydroxylation sites is 3. The van der Waals surface area contributed by atoms with Crippen molar-refractivity contribution in [3.8, 4) is 28.4 Å². The van der Waals surface area contributed by atoms with E-state index in [9.17, 15) is 0 Å². The fourth-order valence-corrected chi connectivity index (χ4v) is 10.2. The molecule has 7 heteroatoms. The van der Waals surface area contributed by atoms with E-state index in [0.29, 0.717) is 39.4 Å². The number of rotatable bonds is 5. The molecule has 0 N–H and O–H groups in total. The summed E-state index contributed by atoms with van der Waals surface area (Å²) in [5.74, 6) is 1.70. The van der Waals surface area contributed by atoms with Crippen LogP contribution in [-0.4, -0.2) is 19.1 Å². The van der Waals surface area contributed by atoms with Gasteiger partial charge in [0.25, 0.3) is 0 Å². The quantitative estimate of drug-likeness (QED) is 0.161. The SMILES string of the molecule is [2H]C([2H])([2H])C(c1cc(-c2cccc3c4ccccc4c4cccnc4c4cccc5c4n(c23)[CH-]N5c2[c-]c(Oc3[c-]c4c(cc3)c3ccccc3n4-c3cc(C(C)(C)C)ccn3)ccc2)cc(C(C)(C)C)c1)(C([2H])([2H])[2H])C([2H])([2H])[2H].[Pt]. The van der Waals surface area contributed by atoms with Crippen LogP contribution in [0.25, 0.3) is 82.2 Å². The zero-order valence-electron chi connectivity index (χ0n) is 49.7. The van der Waals surface area contributed by atoms with Gasteiger partial charge in [0.15, 0.2) is 0 Å². The molecule has 1 aliphatic heterocycles. The number of hydrogen-bond donors (Lipinski definition) is 0. The van der Waals surface area contributed by atoms with Gasteiger partial charge in [-0.1, -0.05) is 170 Å². The van der Waals surface area contributed by atoms with Gasteiger partial charge in [-0.2, -0.15) is 12.1 Å². The average Bonchev–Trinajstić information content (AvgIpc) is 4.19. The molecule has 0 fully saturated rings. The Bertz CT molecular complexity index is 4350. The van der Waals surface area contributed by atoms with E-state index in [1.807, 2.05) is 136 Å². The van der Waals surface area contributed by atoms with Crippen LogP contribution in [0.3, 0.4) is 0 Å². The van der Waals surface area contributed by atoms with Crippen molar-refractivity contribution in [2.75, 3.05) is 4.90 Å². The second-order valence-corrected chi connectivity index (χ2v) is 20.6. The third-order valence-corrected chi connectivity index (χ3v) is 13.8. The zero-order chi connectivity index (χ0) is 56.5. The molecule has 0 atom stereocenters. The maximum absolute atomic E-state index is 8.78. The predicted octanol–water partition coefficient (Wildman–Crippen LogP) is 17.2. The predicted molar refractivity (Wildman–Crippen MR) is 296 cm³/mol. The van der Waals surface area contributed by atoms with Gasteiger partial charge in [0.2, 0.25) is 0 Å². The number of pyridine rings is 2. The zero-order valence-corrected chi connectivity index (χ0v) is 43.0. The summed E-state index contributed by atoms with van der Waals surface area (Å²) in [5.41, 5.74) is 3.85. The van der Waals surface area contributed by atoms with Crippen molar-refractivity contribution >= 4 is 76.7 Å². The third kappa shape index (κ3) is 7.97. The van der Waals surface area contributed by atoms with Crippen LogP contribution in [0.2, 0.25) is 0 Å². The molecule has 0 aliphatic carbocycles. The van der Waals surface area contributed by atoms with Crippen LogP contribution in [0.1, 0.15) is 91.1 Å². The van der Waals surface area contributed by atoms with Crippen LogP contribution in [0.4, 0.5) is 11.4 Å². The number of anilines is 2. The Balaban J connectivity index is 0.00000690. The summed E-state index contributed by atoms with van der Waals surface area (Å²) in [6, 6.07) is 58.2. The van der Waals surface area contributed by atoms with Crippen molar-refractivity contribution < 1.29 is 38.1 Å². The second kappa shape index (κ2) is 17.4. The van der Waals surface area contributed by atoms with E-state index in [2.05, 4.69) is 90.6 Å². The van der Waals surface area contributed by atoms with E-state index in [4.69, 9.17) is 27.0 Å². The van der Waals surface area contributed by atoms with Gasteiger partial charge in [-0.3, -0.25) is 4.98 Å². The summed E-state index contributed by atoms with van der Waals surface area (Å²) in [5, 5.41) is 6.38. The van der Waals surface area contributed by atoms with Gasteiger partial charge in [0.05, 0.1) is 5.52 Å². The molecule has 0 unspecified atom stereocenters. The first-order valence-electron chi connectivity index (χ1n) is 28.4. The minimum absolute atomic E-state index is 0. The minimum Gasteiger partial charge on any atom is -0.509 e. The minimum atomic E-state index is -3.48. The second-order valence-electron chi connectivity index (χ2n) is 20.6. The summed E-state index contributed by atoms with van der Waals surface area (Å²) in [7, 11) is 0. The molecule has 7 aromatic carbocycles. The van der Waals surface area contributed by atoms with E-state index in [1.165, 1.54) is 12.1 Å². The van der Waals surface area contributed by atoms with Crippen molar-refractivity contribution in [1.29, 1.82) is 0 Å². The maximum atomic E-state index is 8.78. The molecule has 0 saturated heterocycles. The summed E-state index contributed by atoms with van der Waals surface area (Å²) in [4.78, 5) is 12.0. The van der Waals surface area contributed by atoms with E-state index < -0.39 is 31.4 Å². The van der Waals surface area contributed by atoms with Gasteiger partial charge in [-0.05, 0) is 119 Å². The summed E-state index contributed by atoms with van der Waals surface area (Å²) in [6.45, 7) is 3.91. The van der Waals surface area contributed by atoms with Crippen LogP contribution < -0.4 is 9.64 Å². The molecule has 1 aliphatic rings. The number of fused-ring (bicyclic) bond motifs is 10. The van der Waals surface area contributed by atoms with Crippen LogP contribution in [0.15, 0.2) is 170 Å². The van der Waals surface area contributed by atoms with Crippen molar-refractivity contribution in [3.05, 3.63) is 206 Å². The number of ether oxygens (including phenoxy) is 1. The molecular formula is C65H56N5OPt-3. The van der Waals surface area contributed by atoms with Crippen molar-refractivity contribution in [2.24, 2.45) is 0 Å². The van der Waals surface area contributed by atoms with Crippen molar-refractivity contribution in [1.82, 2.24) is 19.1 Å². The van der Waals surface area contributed by atoms with Gasteiger partial charge in [0.1, 0.15) is 5.82 Å². The maximum Gasteiger partial charge on any atom is 0.135 e. The van der Waals surface area contributed by atoms with E-state index in [-0.39, 0.29) is 32.0 Å². The Morgan fingerprint density at radius 1 is 0.528 bits per heavy atom. The molecule has 11 aromatic rings. The van der Waals surface area contributed by atoms with E-state index >= 15 is 0 Å². The summed E-state index contributed by atoms with van der Waals surface area (Å²) >= 11 is 0.